The predicted octanol–water partition coefficient (Wildman–Crippen LogP) is 2.47. The number of amides is 1. The van der Waals surface area contributed by atoms with Crippen molar-refractivity contribution in [2.24, 2.45) is 0 Å². The lowest BCUT2D eigenvalue weighted by Gasteiger charge is -2.10. The molecule has 1 saturated heterocycles. The van der Waals surface area contributed by atoms with Crippen LogP contribution in [-0.2, 0) is 4.79 Å². The summed E-state index contributed by atoms with van der Waals surface area (Å²) in [6, 6.07) is 4.47. The van der Waals surface area contributed by atoms with Gasteiger partial charge in [0.25, 0.3) is 0 Å². The van der Waals surface area contributed by atoms with Crippen molar-refractivity contribution in [1.82, 2.24) is 4.98 Å². The van der Waals surface area contributed by atoms with Crippen LogP contribution >= 0.6 is 24.0 Å². The van der Waals surface area contributed by atoms with Gasteiger partial charge in [-0.1, -0.05) is 11.3 Å². The van der Waals surface area contributed by atoms with Gasteiger partial charge < -0.3 is 0 Å². The zero-order chi connectivity index (χ0) is 12.0. The normalized spacial score (nSPS) is 20.5. The molecule has 0 N–H and O–H groups in total. The Hall–Kier alpha value is -1.14. The number of thiol groups is 1. The fourth-order valence-electron chi connectivity index (χ4n) is 1.88. The Balaban J connectivity index is 2.03. The average molecular weight is 268 g/mol. The summed E-state index contributed by atoms with van der Waals surface area (Å²) in [5, 5.41) is 0.693. The smallest absolute Gasteiger partial charge is 0.229 e. The van der Waals surface area contributed by atoms with Gasteiger partial charge >= 0.3 is 0 Å². The molecule has 3 rings (SSSR count). The number of nitrogens with zero attached hydrogens (tertiary/aromatic N) is 2. The number of carbonyl (C=O) groups excluding carboxylic acids is 1. The number of thiazole rings is 1. The topological polar surface area (TPSA) is 33.2 Å². The van der Waals surface area contributed by atoms with Gasteiger partial charge in [0.1, 0.15) is 5.82 Å². The molecule has 1 unspecified atom stereocenters. The van der Waals surface area contributed by atoms with Crippen LogP contribution in [0.4, 0.5) is 9.52 Å². The second-order valence-electron chi connectivity index (χ2n) is 3.97. The number of hydrogen-bond donors (Lipinski definition) is 1. The Morgan fingerprint density at radius 3 is 3.06 bits per heavy atom. The Morgan fingerprint density at radius 2 is 2.35 bits per heavy atom. The van der Waals surface area contributed by atoms with E-state index in [4.69, 9.17) is 0 Å². The molecule has 3 nitrogen and oxygen atoms in total. The maximum absolute atomic E-state index is 13.0. The molecular formula is C11H9FN2OS2. The molecule has 2 heterocycles. The van der Waals surface area contributed by atoms with Crippen LogP contribution in [0.2, 0.25) is 0 Å². The van der Waals surface area contributed by atoms with E-state index in [1.165, 1.54) is 23.5 Å². The van der Waals surface area contributed by atoms with E-state index in [0.717, 1.165) is 4.70 Å². The number of aromatic nitrogens is 1. The lowest BCUT2D eigenvalue weighted by atomic mass is 10.3. The molecule has 1 aromatic carbocycles. The number of rotatable bonds is 1. The molecule has 88 valence electrons. The number of carbonyl (C=O) groups is 1. The molecule has 1 atom stereocenters. The first-order valence-corrected chi connectivity index (χ1v) is 6.51. The molecule has 2 aromatic rings. The molecule has 17 heavy (non-hydrogen) atoms. The second kappa shape index (κ2) is 3.96. The highest BCUT2D eigenvalue weighted by atomic mass is 32.1. The number of fused-ring (bicyclic) bond motifs is 1. The molecule has 1 aliphatic rings. The van der Waals surface area contributed by atoms with E-state index < -0.39 is 0 Å². The molecule has 1 fully saturated rings. The van der Waals surface area contributed by atoms with Crippen molar-refractivity contribution in [3.05, 3.63) is 24.0 Å². The van der Waals surface area contributed by atoms with Gasteiger partial charge in [0.05, 0.1) is 10.2 Å². The van der Waals surface area contributed by atoms with E-state index in [-0.39, 0.29) is 17.0 Å². The third kappa shape index (κ3) is 1.91. The van der Waals surface area contributed by atoms with Gasteiger partial charge in [-0.3, -0.25) is 9.69 Å². The van der Waals surface area contributed by atoms with Gasteiger partial charge in [0, 0.05) is 24.3 Å². The third-order valence-electron chi connectivity index (χ3n) is 2.67. The van der Waals surface area contributed by atoms with Gasteiger partial charge in [0.15, 0.2) is 5.13 Å². The number of halogens is 1. The second-order valence-corrected chi connectivity index (χ2v) is 5.71. The first-order valence-electron chi connectivity index (χ1n) is 5.18. The molecule has 0 bridgehead atoms. The quantitative estimate of drug-likeness (QED) is 0.806. The fourth-order valence-corrected chi connectivity index (χ4v) is 3.17. The highest BCUT2D eigenvalue weighted by Gasteiger charge is 2.30. The minimum atomic E-state index is -0.311. The summed E-state index contributed by atoms with van der Waals surface area (Å²) in [5.74, 6) is -0.279. The number of anilines is 1. The molecule has 6 heteroatoms. The van der Waals surface area contributed by atoms with Crippen molar-refractivity contribution >= 4 is 45.2 Å². The van der Waals surface area contributed by atoms with Gasteiger partial charge in [-0.2, -0.15) is 12.6 Å². The van der Waals surface area contributed by atoms with E-state index in [9.17, 15) is 9.18 Å². The van der Waals surface area contributed by atoms with Crippen molar-refractivity contribution in [2.45, 2.75) is 11.7 Å². The summed E-state index contributed by atoms with van der Waals surface area (Å²) in [6.07, 6.45) is 0.438. The van der Waals surface area contributed by atoms with E-state index in [2.05, 4.69) is 17.6 Å². The average Bonchev–Trinajstić information content (AvgIpc) is 2.80. The lowest BCUT2D eigenvalue weighted by molar-refractivity contribution is -0.117. The summed E-state index contributed by atoms with van der Waals surface area (Å²) in [4.78, 5) is 17.6. The largest absolute Gasteiger partial charge is 0.287 e. The Morgan fingerprint density at radius 1 is 1.53 bits per heavy atom. The van der Waals surface area contributed by atoms with Crippen LogP contribution < -0.4 is 4.90 Å². The molecular weight excluding hydrogens is 259 g/mol. The fraction of sp³-hybridized carbons (Fsp3) is 0.273. The van der Waals surface area contributed by atoms with Crippen LogP contribution in [0.3, 0.4) is 0 Å². The Labute approximate surface area is 107 Å². The minimum Gasteiger partial charge on any atom is -0.287 e. The van der Waals surface area contributed by atoms with Crippen LogP contribution in [0.25, 0.3) is 10.2 Å². The zero-order valence-corrected chi connectivity index (χ0v) is 10.5. The highest BCUT2D eigenvalue weighted by molar-refractivity contribution is 7.81. The van der Waals surface area contributed by atoms with Crippen LogP contribution in [0.15, 0.2) is 18.2 Å². The third-order valence-corrected chi connectivity index (χ3v) is 4.08. The monoisotopic (exact) mass is 268 g/mol. The van der Waals surface area contributed by atoms with Crippen LogP contribution in [0, 0.1) is 5.82 Å². The van der Waals surface area contributed by atoms with Crippen LogP contribution in [-0.4, -0.2) is 22.7 Å². The highest BCUT2D eigenvalue weighted by Crippen LogP contribution is 2.32. The maximum atomic E-state index is 13.0. The van der Waals surface area contributed by atoms with E-state index >= 15 is 0 Å². The van der Waals surface area contributed by atoms with E-state index in [1.54, 1.807) is 11.0 Å². The van der Waals surface area contributed by atoms with Crippen molar-refractivity contribution in [2.75, 3.05) is 11.4 Å². The Kier molecular flexibility index (Phi) is 2.56. The zero-order valence-electron chi connectivity index (χ0n) is 8.76. The van der Waals surface area contributed by atoms with Gasteiger partial charge in [-0.25, -0.2) is 9.37 Å². The molecule has 1 aromatic heterocycles. The predicted molar refractivity (Wildman–Crippen MR) is 69.3 cm³/mol. The van der Waals surface area contributed by atoms with E-state index in [0.29, 0.717) is 23.6 Å². The summed E-state index contributed by atoms with van der Waals surface area (Å²) in [7, 11) is 0. The van der Waals surface area contributed by atoms with Crippen LogP contribution in [0.1, 0.15) is 6.42 Å². The summed E-state index contributed by atoms with van der Waals surface area (Å²) in [6.45, 7) is 0.574. The van der Waals surface area contributed by atoms with Crippen LogP contribution in [0.5, 0.6) is 0 Å². The van der Waals surface area contributed by atoms with Crippen molar-refractivity contribution < 1.29 is 9.18 Å². The maximum Gasteiger partial charge on any atom is 0.229 e. The molecule has 0 saturated carbocycles. The van der Waals surface area contributed by atoms with Crippen molar-refractivity contribution in [3.8, 4) is 0 Å². The Bertz CT molecular complexity index is 598. The summed E-state index contributed by atoms with van der Waals surface area (Å²) in [5.41, 5.74) is 0.598. The summed E-state index contributed by atoms with van der Waals surface area (Å²) >= 11 is 5.70. The number of hydrogen-bond acceptors (Lipinski definition) is 4. The van der Waals surface area contributed by atoms with Gasteiger partial charge in [-0.05, 0) is 12.1 Å². The molecule has 1 amide bonds. The molecule has 0 aliphatic carbocycles. The van der Waals surface area contributed by atoms with E-state index in [1.807, 2.05) is 0 Å². The molecule has 0 spiro atoms. The number of benzene rings is 1. The summed E-state index contributed by atoms with van der Waals surface area (Å²) < 4.78 is 13.9. The standard InChI is InChI=1S/C11H9FN2OS2/c12-6-1-2-9-8(3-6)13-11(17-9)14-5-7(16)4-10(14)15/h1-3,7,16H,4-5H2. The first-order chi connectivity index (χ1) is 8.13. The van der Waals surface area contributed by atoms with Gasteiger partial charge in [0.2, 0.25) is 5.91 Å². The van der Waals surface area contributed by atoms with Crippen molar-refractivity contribution in [1.29, 1.82) is 0 Å². The van der Waals surface area contributed by atoms with Gasteiger partial charge in [-0.15, -0.1) is 0 Å². The first kappa shape index (κ1) is 11.0. The van der Waals surface area contributed by atoms with Crippen molar-refractivity contribution in [3.63, 3.8) is 0 Å². The lowest BCUT2D eigenvalue weighted by Crippen LogP contribution is -2.24. The SMILES string of the molecule is O=C1CC(S)CN1c1nc2cc(F)ccc2s1. The molecule has 0 radical (unpaired) electrons. The molecule has 1 aliphatic heterocycles. The minimum absolute atomic E-state index is 0.0320.